The minimum Gasteiger partial charge on any atom is -0.260 e. The summed E-state index contributed by atoms with van der Waals surface area (Å²) in [5.41, 5.74) is 3.81. The quantitative estimate of drug-likeness (QED) is 0.583. The molecule has 14 heavy (non-hydrogen) atoms. The molecule has 0 amide bonds. The Morgan fingerprint density at radius 3 is 3.14 bits per heavy atom. The van der Waals surface area contributed by atoms with Crippen LogP contribution in [0.15, 0.2) is 47.6 Å². The number of hydrogen-bond donors (Lipinski definition) is 0. The molecule has 0 fully saturated rings. The van der Waals surface area contributed by atoms with E-state index in [0.29, 0.717) is 5.92 Å². The van der Waals surface area contributed by atoms with Crippen molar-refractivity contribution in [1.29, 1.82) is 0 Å². The van der Waals surface area contributed by atoms with Crippen LogP contribution < -0.4 is 0 Å². The van der Waals surface area contributed by atoms with E-state index in [9.17, 15) is 0 Å². The van der Waals surface area contributed by atoms with Gasteiger partial charge in [-0.3, -0.25) is 4.99 Å². The molecule has 2 aliphatic rings. The van der Waals surface area contributed by atoms with Gasteiger partial charge in [-0.15, -0.1) is 0 Å². The number of fused-ring (bicyclic) bond motifs is 3. The maximum absolute atomic E-state index is 4.48. The predicted molar refractivity (Wildman–Crippen MR) is 59.3 cm³/mol. The van der Waals surface area contributed by atoms with Crippen molar-refractivity contribution in [2.24, 2.45) is 10.9 Å². The highest BCUT2D eigenvalue weighted by molar-refractivity contribution is 6.08. The van der Waals surface area contributed by atoms with E-state index in [4.69, 9.17) is 0 Å². The normalized spacial score (nSPS) is 22.6. The summed E-state index contributed by atoms with van der Waals surface area (Å²) in [5, 5.41) is 0. The zero-order chi connectivity index (χ0) is 9.38. The van der Waals surface area contributed by atoms with Crippen LogP contribution in [-0.4, -0.2) is 5.71 Å². The Morgan fingerprint density at radius 2 is 2.14 bits per heavy atom. The monoisotopic (exact) mass is 181 g/mol. The topological polar surface area (TPSA) is 12.4 Å². The van der Waals surface area contributed by atoms with E-state index < -0.39 is 0 Å². The maximum Gasteiger partial charge on any atom is 0.0553 e. The van der Waals surface area contributed by atoms with Gasteiger partial charge < -0.3 is 0 Å². The van der Waals surface area contributed by atoms with Crippen LogP contribution >= 0.6 is 0 Å². The van der Waals surface area contributed by atoms with Crippen LogP contribution in [0.25, 0.3) is 6.08 Å². The van der Waals surface area contributed by atoms with Crippen LogP contribution in [0.5, 0.6) is 0 Å². The SMILES string of the molecule is C1=CN=C2c3ccccc3C=CC2C1. The number of benzene rings is 1. The lowest BCUT2D eigenvalue weighted by molar-refractivity contribution is 0.861. The second kappa shape index (κ2) is 2.95. The summed E-state index contributed by atoms with van der Waals surface area (Å²) in [7, 11) is 0. The average molecular weight is 181 g/mol. The molecule has 3 rings (SSSR count). The van der Waals surface area contributed by atoms with Crippen molar-refractivity contribution >= 4 is 11.8 Å². The van der Waals surface area contributed by atoms with Crippen molar-refractivity contribution in [1.82, 2.24) is 0 Å². The summed E-state index contributed by atoms with van der Waals surface area (Å²) in [5.74, 6) is 0.495. The molecule has 1 aliphatic carbocycles. The van der Waals surface area contributed by atoms with Crippen molar-refractivity contribution in [3.05, 3.63) is 53.7 Å². The zero-order valence-corrected chi connectivity index (χ0v) is 7.85. The van der Waals surface area contributed by atoms with Gasteiger partial charge in [0.25, 0.3) is 0 Å². The molecule has 0 saturated heterocycles. The summed E-state index contributed by atoms with van der Waals surface area (Å²) < 4.78 is 0. The molecule has 1 nitrogen and oxygen atoms in total. The molecule has 1 aliphatic heterocycles. The lowest BCUT2D eigenvalue weighted by atomic mass is 9.85. The van der Waals surface area contributed by atoms with E-state index in [1.807, 2.05) is 6.20 Å². The highest BCUT2D eigenvalue weighted by atomic mass is 14.7. The molecule has 0 N–H and O–H groups in total. The van der Waals surface area contributed by atoms with Gasteiger partial charge in [0, 0.05) is 17.7 Å². The Morgan fingerprint density at radius 1 is 1.21 bits per heavy atom. The van der Waals surface area contributed by atoms with Crippen molar-refractivity contribution in [3.63, 3.8) is 0 Å². The van der Waals surface area contributed by atoms with Gasteiger partial charge in [0.15, 0.2) is 0 Å². The summed E-state index contributed by atoms with van der Waals surface area (Å²) in [6.07, 6.45) is 9.60. The van der Waals surface area contributed by atoms with Gasteiger partial charge >= 0.3 is 0 Å². The average Bonchev–Trinajstić information content (AvgIpc) is 2.29. The standard InChI is InChI=1S/C13H11N/c1-2-6-12-10(4-1)7-8-11-5-3-9-14-13(11)12/h1-4,6-9,11H,5H2. The highest BCUT2D eigenvalue weighted by Crippen LogP contribution is 2.27. The van der Waals surface area contributed by atoms with Crippen LogP contribution in [0.3, 0.4) is 0 Å². The molecule has 1 heterocycles. The van der Waals surface area contributed by atoms with Gasteiger partial charge in [-0.25, -0.2) is 0 Å². The first-order valence-corrected chi connectivity index (χ1v) is 4.95. The number of allylic oxidation sites excluding steroid dienone is 2. The van der Waals surface area contributed by atoms with Gasteiger partial charge in [-0.2, -0.15) is 0 Å². The van der Waals surface area contributed by atoms with Gasteiger partial charge in [0.05, 0.1) is 5.71 Å². The van der Waals surface area contributed by atoms with Gasteiger partial charge in [-0.1, -0.05) is 42.5 Å². The first kappa shape index (κ1) is 7.74. The molecule has 1 unspecified atom stereocenters. The van der Waals surface area contributed by atoms with Crippen molar-refractivity contribution in [2.75, 3.05) is 0 Å². The van der Waals surface area contributed by atoms with Crippen LogP contribution in [-0.2, 0) is 0 Å². The van der Waals surface area contributed by atoms with Crippen LogP contribution in [0.1, 0.15) is 17.5 Å². The summed E-state index contributed by atoms with van der Waals surface area (Å²) in [6.45, 7) is 0. The molecule has 0 bridgehead atoms. The third kappa shape index (κ3) is 1.06. The Bertz CT molecular complexity index is 452. The van der Waals surface area contributed by atoms with E-state index in [1.165, 1.54) is 16.8 Å². The number of nitrogens with zero attached hydrogens (tertiary/aromatic N) is 1. The fourth-order valence-corrected chi connectivity index (χ4v) is 2.08. The van der Waals surface area contributed by atoms with Crippen molar-refractivity contribution in [2.45, 2.75) is 6.42 Å². The van der Waals surface area contributed by atoms with E-state index in [2.05, 4.69) is 47.5 Å². The Balaban J connectivity index is 2.22. The lowest BCUT2D eigenvalue weighted by Crippen LogP contribution is -2.19. The van der Waals surface area contributed by atoms with E-state index in [0.717, 1.165) is 6.42 Å². The molecule has 1 heteroatoms. The van der Waals surface area contributed by atoms with Crippen molar-refractivity contribution < 1.29 is 0 Å². The largest absolute Gasteiger partial charge is 0.260 e. The lowest BCUT2D eigenvalue weighted by Gasteiger charge is -2.22. The first-order valence-electron chi connectivity index (χ1n) is 4.95. The van der Waals surface area contributed by atoms with Gasteiger partial charge in [0.2, 0.25) is 0 Å². The van der Waals surface area contributed by atoms with E-state index in [-0.39, 0.29) is 0 Å². The fraction of sp³-hybridized carbons (Fsp3) is 0.154. The highest BCUT2D eigenvalue weighted by Gasteiger charge is 2.20. The molecule has 1 atom stereocenters. The van der Waals surface area contributed by atoms with Gasteiger partial charge in [0.1, 0.15) is 0 Å². The molecular formula is C13H11N. The molecule has 0 spiro atoms. The predicted octanol–water partition coefficient (Wildman–Crippen LogP) is 3.04. The van der Waals surface area contributed by atoms with E-state index >= 15 is 0 Å². The second-order valence-corrected chi connectivity index (χ2v) is 3.69. The van der Waals surface area contributed by atoms with Crippen LogP contribution in [0.2, 0.25) is 0 Å². The van der Waals surface area contributed by atoms with E-state index in [1.54, 1.807) is 0 Å². The summed E-state index contributed by atoms with van der Waals surface area (Å²) in [4.78, 5) is 4.48. The molecule has 0 saturated carbocycles. The Kier molecular flexibility index (Phi) is 1.63. The minimum absolute atomic E-state index is 0.495. The third-order valence-corrected chi connectivity index (χ3v) is 2.81. The number of aliphatic imine (C=N–C) groups is 1. The molecule has 68 valence electrons. The van der Waals surface area contributed by atoms with Crippen LogP contribution in [0, 0.1) is 5.92 Å². The Labute approximate surface area is 83.5 Å². The smallest absolute Gasteiger partial charge is 0.0553 e. The summed E-state index contributed by atoms with van der Waals surface area (Å²) in [6, 6.07) is 8.45. The molecule has 1 aromatic rings. The molecule has 0 radical (unpaired) electrons. The van der Waals surface area contributed by atoms with Gasteiger partial charge in [-0.05, 0) is 12.0 Å². The van der Waals surface area contributed by atoms with Crippen molar-refractivity contribution in [3.8, 4) is 0 Å². The minimum atomic E-state index is 0.495. The molecular weight excluding hydrogens is 170 g/mol. The zero-order valence-electron chi connectivity index (χ0n) is 7.85. The number of hydrogen-bond acceptors (Lipinski definition) is 1. The first-order chi connectivity index (χ1) is 6.95. The molecule has 1 aromatic carbocycles. The summed E-state index contributed by atoms with van der Waals surface area (Å²) >= 11 is 0. The maximum atomic E-state index is 4.48. The molecule has 0 aromatic heterocycles. The second-order valence-electron chi connectivity index (χ2n) is 3.69. The third-order valence-electron chi connectivity index (χ3n) is 2.81. The fourth-order valence-electron chi connectivity index (χ4n) is 2.08. The Hall–Kier alpha value is -1.63. The van der Waals surface area contributed by atoms with Crippen LogP contribution in [0.4, 0.5) is 0 Å². The number of rotatable bonds is 0.